The predicted molar refractivity (Wildman–Crippen MR) is 120 cm³/mol. The molecule has 0 spiro atoms. The third-order valence-electron chi connectivity index (χ3n) is 5.39. The molecule has 1 N–H and O–H groups in total. The number of β-amino-alcohol motifs (C(OH)–C–C–N with tert-alkyl or cyclic N) is 1. The second kappa shape index (κ2) is 11.0. The summed E-state index contributed by atoms with van der Waals surface area (Å²) in [7, 11) is 3.06. The Morgan fingerprint density at radius 2 is 1.78 bits per heavy atom. The molecule has 2 aromatic carbocycles. The van der Waals surface area contributed by atoms with Gasteiger partial charge in [-0.05, 0) is 36.8 Å². The van der Waals surface area contributed by atoms with Crippen molar-refractivity contribution in [2.75, 3.05) is 38.8 Å². The SMILES string of the molecule is CCCCCOc1cc(N2CC(O)CN(Cc3cc(F)ccc3OC)C2=O)ccc1OC. The van der Waals surface area contributed by atoms with Gasteiger partial charge in [0.25, 0.3) is 0 Å². The molecule has 2 aromatic rings. The number of aliphatic hydroxyl groups excluding tert-OH is 1. The van der Waals surface area contributed by atoms with Crippen LogP contribution >= 0.6 is 0 Å². The maximum atomic E-state index is 13.8. The van der Waals surface area contributed by atoms with E-state index in [2.05, 4.69) is 6.92 Å². The number of urea groups is 1. The van der Waals surface area contributed by atoms with Crippen molar-refractivity contribution in [2.45, 2.75) is 38.8 Å². The number of methoxy groups -OCH3 is 2. The highest BCUT2D eigenvalue weighted by Crippen LogP contribution is 2.34. The van der Waals surface area contributed by atoms with Crippen molar-refractivity contribution in [3.05, 3.63) is 47.8 Å². The number of halogens is 1. The van der Waals surface area contributed by atoms with Crippen molar-refractivity contribution in [3.8, 4) is 17.2 Å². The van der Waals surface area contributed by atoms with Gasteiger partial charge in [0.05, 0.1) is 46.6 Å². The van der Waals surface area contributed by atoms with Crippen LogP contribution in [0.15, 0.2) is 36.4 Å². The number of unbranched alkanes of at least 4 members (excludes halogenated alkanes) is 2. The number of nitrogens with zero attached hydrogens (tertiary/aromatic N) is 2. The fourth-order valence-corrected chi connectivity index (χ4v) is 3.75. The largest absolute Gasteiger partial charge is 0.496 e. The molecule has 1 saturated heterocycles. The van der Waals surface area contributed by atoms with Gasteiger partial charge >= 0.3 is 6.03 Å². The van der Waals surface area contributed by atoms with Crippen LogP contribution < -0.4 is 19.1 Å². The van der Waals surface area contributed by atoms with Gasteiger partial charge in [0, 0.05) is 17.3 Å². The summed E-state index contributed by atoms with van der Waals surface area (Å²) in [5.41, 5.74) is 1.13. The quantitative estimate of drug-likeness (QED) is 0.554. The minimum absolute atomic E-state index is 0.115. The van der Waals surface area contributed by atoms with Gasteiger partial charge in [-0.2, -0.15) is 0 Å². The van der Waals surface area contributed by atoms with Gasteiger partial charge in [0.2, 0.25) is 0 Å². The number of benzene rings is 2. The molecule has 1 unspecified atom stereocenters. The number of hydrogen-bond acceptors (Lipinski definition) is 5. The molecule has 1 aliphatic heterocycles. The molecule has 7 nitrogen and oxygen atoms in total. The van der Waals surface area contributed by atoms with Crippen LogP contribution in [0, 0.1) is 5.82 Å². The normalized spacial score (nSPS) is 16.3. The highest BCUT2D eigenvalue weighted by atomic mass is 19.1. The topological polar surface area (TPSA) is 71.5 Å². The Balaban J connectivity index is 1.82. The number of anilines is 1. The minimum Gasteiger partial charge on any atom is -0.496 e. The molecule has 32 heavy (non-hydrogen) atoms. The molecule has 1 aliphatic rings. The van der Waals surface area contributed by atoms with Crippen molar-refractivity contribution >= 4 is 11.7 Å². The number of amides is 2. The van der Waals surface area contributed by atoms with E-state index < -0.39 is 11.9 Å². The van der Waals surface area contributed by atoms with Gasteiger partial charge in [-0.25, -0.2) is 9.18 Å². The molecular formula is C24H31FN2O5. The minimum atomic E-state index is -0.761. The lowest BCUT2D eigenvalue weighted by molar-refractivity contribution is 0.104. The van der Waals surface area contributed by atoms with Gasteiger partial charge in [-0.15, -0.1) is 0 Å². The van der Waals surface area contributed by atoms with E-state index in [4.69, 9.17) is 14.2 Å². The summed E-state index contributed by atoms with van der Waals surface area (Å²) in [5.74, 6) is 1.20. The molecule has 3 rings (SSSR count). The molecule has 1 heterocycles. The van der Waals surface area contributed by atoms with E-state index in [-0.39, 0.29) is 25.7 Å². The average Bonchev–Trinajstić information content (AvgIpc) is 2.79. The molecule has 1 fully saturated rings. The predicted octanol–water partition coefficient (Wildman–Crippen LogP) is 4.22. The molecule has 8 heteroatoms. The summed E-state index contributed by atoms with van der Waals surface area (Å²) in [4.78, 5) is 16.2. The smallest absolute Gasteiger partial charge is 0.324 e. The van der Waals surface area contributed by atoms with Crippen molar-refractivity contribution in [1.29, 1.82) is 0 Å². The van der Waals surface area contributed by atoms with Crippen LogP contribution in [0.3, 0.4) is 0 Å². The van der Waals surface area contributed by atoms with Gasteiger partial charge in [0.15, 0.2) is 11.5 Å². The molecular weight excluding hydrogens is 415 g/mol. The fourth-order valence-electron chi connectivity index (χ4n) is 3.75. The first kappa shape index (κ1) is 23.7. The summed E-state index contributed by atoms with van der Waals surface area (Å²) in [6.45, 7) is 3.09. The van der Waals surface area contributed by atoms with E-state index in [1.165, 1.54) is 35.1 Å². The van der Waals surface area contributed by atoms with E-state index >= 15 is 0 Å². The molecule has 2 amide bonds. The van der Waals surface area contributed by atoms with E-state index in [1.54, 1.807) is 25.3 Å². The zero-order valence-electron chi connectivity index (χ0n) is 18.8. The maximum absolute atomic E-state index is 13.8. The number of aliphatic hydroxyl groups is 1. The van der Waals surface area contributed by atoms with Crippen molar-refractivity contribution < 1.29 is 28.5 Å². The Kier molecular flexibility index (Phi) is 8.16. The van der Waals surface area contributed by atoms with Crippen LogP contribution in [0.4, 0.5) is 14.9 Å². The van der Waals surface area contributed by atoms with Crippen molar-refractivity contribution in [1.82, 2.24) is 4.90 Å². The fraction of sp³-hybridized carbons (Fsp3) is 0.458. The summed E-state index contributed by atoms with van der Waals surface area (Å²) in [5, 5.41) is 10.5. The standard InChI is InChI=1S/C24H31FN2O5/c1-4-5-6-11-32-23-13-19(8-10-22(23)31-3)27-16-20(28)15-26(24(27)29)14-17-12-18(25)7-9-21(17)30-2/h7-10,12-13,20,28H,4-6,11,14-16H2,1-3H3. The lowest BCUT2D eigenvalue weighted by atomic mass is 10.1. The number of ether oxygens (including phenoxy) is 3. The average molecular weight is 447 g/mol. The van der Waals surface area contributed by atoms with Crippen LogP contribution in [0.2, 0.25) is 0 Å². The highest BCUT2D eigenvalue weighted by molar-refractivity contribution is 5.93. The summed E-state index contributed by atoms with van der Waals surface area (Å²) < 4.78 is 30.4. The molecule has 0 bridgehead atoms. The Morgan fingerprint density at radius 1 is 1.03 bits per heavy atom. The van der Waals surface area contributed by atoms with Gasteiger partial charge in [-0.3, -0.25) is 4.90 Å². The first-order valence-electron chi connectivity index (χ1n) is 10.8. The number of carbonyl (C=O) groups is 1. The van der Waals surface area contributed by atoms with E-state index in [1.807, 2.05) is 0 Å². The Morgan fingerprint density at radius 3 is 2.50 bits per heavy atom. The lowest BCUT2D eigenvalue weighted by Gasteiger charge is -2.38. The van der Waals surface area contributed by atoms with Crippen LogP contribution in [0.25, 0.3) is 0 Å². The molecule has 0 saturated carbocycles. The maximum Gasteiger partial charge on any atom is 0.324 e. The molecule has 1 atom stereocenters. The molecule has 0 radical (unpaired) electrons. The monoisotopic (exact) mass is 446 g/mol. The summed E-state index contributed by atoms with van der Waals surface area (Å²) >= 11 is 0. The third-order valence-corrected chi connectivity index (χ3v) is 5.39. The van der Waals surface area contributed by atoms with E-state index in [0.717, 1.165) is 19.3 Å². The Bertz CT molecular complexity index is 923. The summed E-state index contributed by atoms with van der Waals surface area (Å²) in [6.07, 6.45) is 2.32. The van der Waals surface area contributed by atoms with Crippen LogP contribution in [-0.2, 0) is 6.54 Å². The van der Waals surface area contributed by atoms with Crippen LogP contribution in [0.5, 0.6) is 17.2 Å². The zero-order valence-corrected chi connectivity index (χ0v) is 18.8. The summed E-state index contributed by atoms with van der Waals surface area (Å²) in [6, 6.07) is 9.14. The molecule has 174 valence electrons. The highest BCUT2D eigenvalue weighted by Gasteiger charge is 2.32. The van der Waals surface area contributed by atoms with Crippen molar-refractivity contribution in [2.24, 2.45) is 0 Å². The van der Waals surface area contributed by atoms with Crippen LogP contribution in [-0.4, -0.2) is 56.1 Å². The Labute approximate surface area is 188 Å². The number of hydrogen-bond donors (Lipinski definition) is 1. The zero-order chi connectivity index (χ0) is 23.1. The second-order valence-corrected chi connectivity index (χ2v) is 7.77. The first-order valence-corrected chi connectivity index (χ1v) is 10.8. The van der Waals surface area contributed by atoms with Gasteiger partial charge in [0.1, 0.15) is 11.6 Å². The van der Waals surface area contributed by atoms with Gasteiger partial charge in [-0.1, -0.05) is 19.8 Å². The molecule has 0 aromatic heterocycles. The van der Waals surface area contributed by atoms with E-state index in [0.29, 0.717) is 35.1 Å². The molecule has 0 aliphatic carbocycles. The lowest BCUT2D eigenvalue weighted by Crippen LogP contribution is -2.55. The van der Waals surface area contributed by atoms with Crippen molar-refractivity contribution in [3.63, 3.8) is 0 Å². The first-order chi connectivity index (χ1) is 15.5. The second-order valence-electron chi connectivity index (χ2n) is 7.77. The number of carbonyl (C=O) groups excluding carboxylic acids is 1. The third kappa shape index (κ3) is 5.62. The number of rotatable bonds is 10. The van der Waals surface area contributed by atoms with E-state index in [9.17, 15) is 14.3 Å². The van der Waals surface area contributed by atoms with Crippen LogP contribution in [0.1, 0.15) is 31.7 Å². The van der Waals surface area contributed by atoms with Gasteiger partial charge < -0.3 is 24.2 Å². The Hall–Kier alpha value is -3.00.